The van der Waals surface area contributed by atoms with Gasteiger partial charge in [-0.05, 0) is 6.07 Å². The van der Waals surface area contributed by atoms with E-state index in [2.05, 4.69) is 9.97 Å². The Balaban J connectivity index is 2.17. The van der Waals surface area contributed by atoms with Crippen molar-refractivity contribution >= 4 is 11.3 Å². The largest absolute Gasteiger partial charge is 0.495 e. The standard InChI is InChI=1S/C11H13N3OS/c1-15-10-7-13-3-2-8(10)9(12)6-11-14-4-5-16-11/h2-5,7,9H,6,12H2,1H3. The summed E-state index contributed by atoms with van der Waals surface area (Å²) >= 11 is 1.61. The Bertz CT molecular complexity index is 444. The lowest BCUT2D eigenvalue weighted by molar-refractivity contribution is 0.403. The first kappa shape index (κ1) is 11.0. The summed E-state index contributed by atoms with van der Waals surface area (Å²) in [6.45, 7) is 0. The third-order valence-electron chi connectivity index (χ3n) is 2.31. The molecule has 4 nitrogen and oxygen atoms in total. The maximum atomic E-state index is 6.12. The predicted molar refractivity (Wildman–Crippen MR) is 63.5 cm³/mol. The summed E-state index contributed by atoms with van der Waals surface area (Å²) < 4.78 is 5.23. The molecule has 0 saturated heterocycles. The molecule has 0 bridgehead atoms. The molecule has 0 radical (unpaired) electrons. The fourth-order valence-electron chi connectivity index (χ4n) is 1.52. The van der Waals surface area contributed by atoms with Crippen LogP contribution in [0.25, 0.3) is 0 Å². The van der Waals surface area contributed by atoms with E-state index in [9.17, 15) is 0 Å². The van der Waals surface area contributed by atoms with Crippen LogP contribution in [-0.2, 0) is 6.42 Å². The Morgan fingerprint density at radius 3 is 3.06 bits per heavy atom. The molecule has 2 aromatic heterocycles. The molecule has 1 atom stereocenters. The lowest BCUT2D eigenvalue weighted by Crippen LogP contribution is -2.14. The number of thiazole rings is 1. The maximum absolute atomic E-state index is 6.12. The van der Waals surface area contributed by atoms with Gasteiger partial charge >= 0.3 is 0 Å². The molecule has 0 saturated carbocycles. The summed E-state index contributed by atoms with van der Waals surface area (Å²) in [4.78, 5) is 8.22. The van der Waals surface area contributed by atoms with Crippen LogP contribution in [0, 0.1) is 0 Å². The number of ether oxygens (including phenoxy) is 1. The lowest BCUT2D eigenvalue weighted by Gasteiger charge is -2.13. The molecular weight excluding hydrogens is 222 g/mol. The summed E-state index contributed by atoms with van der Waals surface area (Å²) in [5.74, 6) is 0.728. The van der Waals surface area contributed by atoms with Crippen LogP contribution in [0.3, 0.4) is 0 Å². The summed E-state index contributed by atoms with van der Waals surface area (Å²) in [5.41, 5.74) is 7.09. The highest BCUT2D eigenvalue weighted by atomic mass is 32.1. The molecule has 0 aliphatic heterocycles. The van der Waals surface area contributed by atoms with E-state index in [1.54, 1.807) is 37.0 Å². The number of aromatic nitrogens is 2. The number of pyridine rings is 1. The SMILES string of the molecule is COc1cnccc1C(N)Cc1nccs1. The molecule has 2 heterocycles. The van der Waals surface area contributed by atoms with Crippen LogP contribution in [-0.4, -0.2) is 17.1 Å². The molecule has 0 aliphatic carbocycles. The van der Waals surface area contributed by atoms with Crippen LogP contribution in [0.15, 0.2) is 30.0 Å². The van der Waals surface area contributed by atoms with E-state index in [1.807, 2.05) is 11.4 Å². The molecule has 0 aromatic carbocycles. The van der Waals surface area contributed by atoms with Gasteiger partial charge in [-0.3, -0.25) is 4.98 Å². The van der Waals surface area contributed by atoms with Gasteiger partial charge in [0.15, 0.2) is 0 Å². The minimum absolute atomic E-state index is 0.107. The van der Waals surface area contributed by atoms with Crippen molar-refractivity contribution in [1.82, 2.24) is 9.97 Å². The minimum atomic E-state index is -0.107. The second-order valence-corrected chi connectivity index (χ2v) is 4.33. The smallest absolute Gasteiger partial charge is 0.141 e. The second kappa shape index (κ2) is 5.05. The Morgan fingerprint density at radius 2 is 2.38 bits per heavy atom. The predicted octanol–water partition coefficient (Wildman–Crippen LogP) is 1.79. The third kappa shape index (κ3) is 2.37. The normalized spacial score (nSPS) is 12.4. The van der Waals surface area contributed by atoms with Gasteiger partial charge in [-0.25, -0.2) is 4.98 Å². The third-order valence-corrected chi connectivity index (χ3v) is 3.12. The van der Waals surface area contributed by atoms with Crippen LogP contribution >= 0.6 is 11.3 Å². The van der Waals surface area contributed by atoms with Crippen molar-refractivity contribution in [3.05, 3.63) is 40.6 Å². The Kier molecular flexibility index (Phi) is 3.48. The van der Waals surface area contributed by atoms with E-state index >= 15 is 0 Å². The van der Waals surface area contributed by atoms with Crippen molar-refractivity contribution in [3.63, 3.8) is 0 Å². The van der Waals surface area contributed by atoms with Gasteiger partial charge in [0.1, 0.15) is 5.75 Å². The van der Waals surface area contributed by atoms with E-state index < -0.39 is 0 Å². The highest BCUT2D eigenvalue weighted by Gasteiger charge is 2.13. The number of nitrogens with zero attached hydrogens (tertiary/aromatic N) is 2. The van der Waals surface area contributed by atoms with Gasteiger partial charge in [-0.1, -0.05) is 0 Å². The second-order valence-electron chi connectivity index (χ2n) is 3.35. The van der Waals surface area contributed by atoms with Crippen LogP contribution in [0.2, 0.25) is 0 Å². The number of methoxy groups -OCH3 is 1. The fourth-order valence-corrected chi connectivity index (χ4v) is 2.20. The quantitative estimate of drug-likeness (QED) is 0.877. The number of hydrogen-bond acceptors (Lipinski definition) is 5. The summed E-state index contributed by atoms with van der Waals surface area (Å²) in [5, 5.41) is 2.98. The van der Waals surface area contributed by atoms with E-state index in [4.69, 9.17) is 10.5 Å². The first-order chi connectivity index (χ1) is 7.81. The Hall–Kier alpha value is -1.46. The summed E-state index contributed by atoms with van der Waals surface area (Å²) in [6, 6.07) is 1.78. The first-order valence-electron chi connectivity index (χ1n) is 4.93. The Labute approximate surface area is 98.1 Å². The molecule has 0 amide bonds. The minimum Gasteiger partial charge on any atom is -0.495 e. The lowest BCUT2D eigenvalue weighted by atomic mass is 10.1. The molecule has 5 heteroatoms. The molecule has 16 heavy (non-hydrogen) atoms. The van der Waals surface area contributed by atoms with Gasteiger partial charge in [-0.2, -0.15) is 0 Å². The molecule has 0 fully saturated rings. The maximum Gasteiger partial charge on any atom is 0.141 e. The zero-order chi connectivity index (χ0) is 11.4. The van der Waals surface area contributed by atoms with Crippen LogP contribution in [0.1, 0.15) is 16.6 Å². The highest BCUT2D eigenvalue weighted by molar-refractivity contribution is 7.09. The number of nitrogens with two attached hydrogens (primary N) is 1. The average Bonchev–Trinajstić information content (AvgIpc) is 2.81. The molecular formula is C11H13N3OS. The van der Waals surface area contributed by atoms with Crippen molar-refractivity contribution < 1.29 is 4.74 Å². The average molecular weight is 235 g/mol. The molecule has 1 unspecified atom stereocenters. The summed E-state index contributed by atoms with van der Waals surface area (Å²) in [6.07, 6.45) is 5.91. The van der Waals surface area contributed by atoms with Crippen molar-refractivity contribution in [2.24, 2.45) is 5.73 Å². The van der Waals surface area contributed by atoms with Crippen LogP contribution in [0.4, 0.5) is 0 Å². The van der Waals surface area contributed by atoms with Crippen molar-refractivity contribution in [3.8, 4) is 5.75 Å². The van der Waals surface area contributed by atoms with Crippen molar-refractivity contribution in [2.75, 3.05) is 7.11 Å². The van der Waals surface area contributed by atoms with E-state index in [0.29, 0.717) is 0 Å². The van der Waals surface area contributed by atoms with Gasteiger partial charge in [0.2, 0.25) is 0 Å². The first-order valence-corrected chi connectivity index (χ1v) is 5.81. The fraction of sp³-hybridized carbons (Fsp3) is 0.273. The van der Waals surface area contributed by atoms with Gasteiger partial charge in [0.25, 0.3) is 0 Å². The van der Waals surface area contributed by atoms with Gasteiger partial charge in [0.05, 0.1) is 18.3 Å². The number of hydrogen-bond donors (Lipinski definition) is 1. The van der Waals surface area contributed by atoms with Gasteiger partial charge in [0, 0.05) is 35.8 Å². The van der Waals surface area contributed by atoms with Gasteiger partial charge in [-0.15, -0.1) is 11.3 Å². The Morgan fingerprint density at radius 1 is 1.50 bits per heavy atom. The van der Waals surface area contributed by atoms with Crippen LogP contribution in [0.5, 0.6) is 5.75 Å². The van der Waals surface area contributed by atoms with E-state index in [1.165, 1.54) is 0 Å². The van der Waals surface area contributed by atoms with Gasteiger partial charge < -0.3 is 10.5 Å². The molecule has 2 rings (SSSR count). The summed E-state index contributed by atoms with van der Waals surface area (Å²) in [7, 11) is 1.62. The molecule has 2 N–H and O–H groups in total. The molecule has 2 aromatic rings. The highest BCUT2D eigenvalue weighted by Crippen LogP contribution is 2.25. The van der Waals surface area contributed by atoms with E-state index in [-0.39, 0.29) is 6.04 Å². The van der Waals surface area contributed by atoms with Crippen LogP contribution < -0.4 is 10.5 Å². The van der Waals surface area contributed by atoms with Crippen molar-refractivity contribution in [1.29, 1.82) is 0 Å². The molecule has 0 spiro atoms. The molecule has 84 valence electrons. The van der Waals surface area contributed by atoms with Crippen molar-refractivity contribution in [2.45, 2.75) is 12.5 Å². The topological polar surface area (TPSA) is 61.0 Å². The zero-order valence-corrected chi connectivity index (χ0v) is 9.78. The van der Waals surface area contributed by atoms with E-state index in [0.717, 1.165) is 22.7 Å². The zero-order valence-electron chi connectivity index (χ0n) is 8.96. The molecule has 0 aliphatic rings. The number of rotatable bonds is 4. The monoisotopic (exact) mass is 235 g/mol.